The van der Waals surface area contributed by atoms with Crippen molar-refractivity contribution in [3.8, 4) is 5.75 Å². The number of hydrogen-bond acceptors (Lipinski definition) is 3. The highest BCUT2D eigenvalue weighted by molar-refractivity contribution is 5.94. The first-order valence-electron chi connectivity index (χ1n) is 6.33. The molecule has 1 aromatic carbocycles. The number of rotatable bonds is 1. The molecule has 2 atom stereocenters. The second-order valence-corrected chi connectivity index (χ2v) is 5.06. The summed E-state index contributed by atoms with van der Waals surface area (Å²) in [6.45, 7) is 5.77. The Kier molecular flexibility index (Phi) is 2.44. The fraction of sp³-hybridized carbons (Fsp3) is 0.400. The molecule has 0 aromatic heterocycles. The maximum Gasteiger partial charge on any atom is 0.345 e. The molecule has 18 heavy (non-hydrogen) atoms. The van der Waals surface area contributed by atoms with Crippen LogP contribution in [0.4, 0.5) is 0 Å². The van der Waals surface area contributed by atoms with Gasteiger partial charge in [-0.15, -0.1) is 0 Å². The summed E-state index contributed by atoms with van der Waals surface area (Å²) in [7, 11) is 0. The van der Waals surface area contributed by atoms with E-state index in [1.54, 1.807) is 12.1 Å². The minimum Gasteiger partial charge on any atom is -0.451 e. The van der Waals surface area contributed by atoms with Gasteiger partial charge in [-0.25, -0.2) is 4.79 Å². The lowest BCUT2D eigenvalue weighted by molar-refractivity contribution is -0.173. The number of hydrogen-bond donors (Lipinski definition) is 0. The summed E-state index contributed by atoms with van der Waals surface area (Å²) >= 11 is 0. The van der Waals surface area contributed by atoms with Crippen LogP contribution in [-0.4, -0.2) is 11.8 Å². The lowest BCUT2D eigenvalue weighted by atomic mass is 10.0. The Morgan fingerprint density at radius 1 is 1.44 bits per heavy atom. The van der Waals surface area contributed by atoms with Gasteiger partial charge in [0, 0.05) is 12.3 Å². The largest absolute Gasteiger partial charge is 0.451 e. The molecule has 2 unspecified atom stereocenters. The Morgan fingerprint density at radius 2 is 2.28 bits per heavy atom. The molecule has 2 aliphatic rings. The van der Waals surface area contributed by atoms with Crippen LogP contribution in [0.5, 0.6) is 5.75 Å². The summed E-state index contributed by atoms with van der Waals surface area (Å²) in [4.78, 5) is 12.1. The zero-order valence-corrected chi connectivity index (χ0v) is 10.4. The van der Waals surface area contributed by atoms with Gasteiger partial charge in [-0.1, -0.05) is 25.6 Å². The number of carbonyl (C=O) groups excluding carboxylic acids is 1. The minimum absolute atomic E-state index is 0.244. The normalized spacial score (nSPS) is 29.6. The highest BCUT2D eigenvalue weighted by Gasteiger charge is 2.49. The van der Waals surface area contributed by atoms with Gasteiger partial charge in [-0.05, 0) is 30.5 Å². The Morgan fingerprint density at radius 3 is 2.94 bits per heavy atom. The molecule has 0 bridgehead atoms. The molecule has 3 nitrogen and oxygen atoms in total. The van der Waals surface area contributed by atoms with E-state index >= 15 is 0 Å². The van der Waals surface area contributed by atoms with Crippen molar-refractivity contribution in [3.05, 3.63) is 35.9 Å². The molecule has 1 saturated carbocycles. The zero-order valence-electron chi connectivity index (χ0n) is 10.4. The molecule has 3 rings (SSSR count). The molecule has 1 aromatic rings. The van der Waals surface area contributed by atoms with Crippen molar-refractivity contribution >= 4 is 12.0 Å². The molecule has 0 saturated heterocycles. The van der Waals surface area contributed by atoms with E-state index in [-0.39, 0.29) is 11.9 Å². The first kappa shape index (κ1) is 11.3. The van der Waals surface area contributed by atoms with E-state index in [1.807, 2.05) is 12.1 Å². The van der Waals surface area contributed by atoms with Crippen LogP contribution in [0.1, 0.15) is 42.1 Å². The van der Waals surface area contributed by atoms with E-state index in [0.29, 0.717) is 11.3 Å². The van der Waals surface area contributed by atoms with Crippen molar-refractivity contribution in [3.63, 3.8) is 0 Å². The summed E-state index contributed by atoms with van der Waals surface area (Å²) in [5.74, 6) is -0.146. The van der Waals surface area contributed by atoms with Gasteiger partial charge >= 0.3 is 5.97 Å². The average Bonchev–Trinajstić information content (AvgIpc) is 2.70. The van der Waals surface area contributed by atoms with E-state index in [1.165, 1.54) is 0 Å². The van der Waals surface area contributed by atoms with Crippen molar-refractivity contribution in [2.45, 2.75) is 32.0 Å². The third kappa shape index (κ3) is 1.54. The molecule has 94 valence electrons. The Labute approximate surface area is 106 Å². The van der Waals surface area contributed by atoms with Gasteiger partial charge in [-0.3, -0.25) is 0 Å². The summed E-state index contributed by atoms with van der Waals surface area (Å²) < 4.78 is 11.6. The van der Waals surface area contributed by atoms with Crippen LogP contribution in [0.3, 0.4) is 0 Å². The lowest BCUT2D eigenvalue weighted by Crippen LogP contribution is -2.46. The molecule has 3 heteroatoms. The van der Waals surface area contributed by atoms with Crippen LogP contribution < -0.4 is 4.74 Å². The third-order valence-corrected chi connectivity index (χ3v) is 3.92. The molecule has 1 aliphatic heterocycles. The van der Waals surface area contributed by atoms with Gasteiger partial charge in [0.1, 0.15) is 11.3 Å². The van der Waals surface area contributed by atoms with Gasteiger partial charge in [0.2, 0.25) is 0 Å². The standard InChI is InChI=1S/C15H16O3/c1-3-11-6-7-13-12(9-11)14(16)18-15(17-13)8-4-5-10(15)2/h3,6-7,9-10H,1,4-5,8H2,2H3. The smallest absolute Gasteiger partial charge is 0.345 e. The molecule has 1 heterocycles. The summed E-state index contributed by atoms with van der Waals surface area (Å²) in [5.41, 5.74) is 1.39. The van der Waals surface area contributed by atoms with Crippen LogP contribution in [0, 0.1) is 5.92 Å². The average molecular weight is 244 g/mol. The van der Waals surface area contributed by atoms with E-state index in [2.05, 4.69) is 13.5 Å². The zero-order chi connectivity index (χ0) is 12.8. The first-order chi connectivity index (χ1) is 8.64. The van der Waals surface area contributed by atoms with Crippen molar-refractivity contribution in [2.24, 2.45) is 5.92 Å². The molecule has 0 amide bonds. The van der Waals surface area contributed by atoms with Crippen LogP contribution in [0.15, 0.2) is 24.8 Å². The quantitative estimate of drug-likeness (QED) is 0.710. The van der Waals surface area contributed by atoms with Gasteiger partial charge in [0.05, 0.1) is 0 Å². The van der Waals surface area contributed by atoms with Gasteiger partial charge in [0.25, 0.3) is 5.79 Å². The van der Waals surface area contributed by atoms with E-state index in [4.69, 9.17) is 9.47 Å². The van der Waals surface area contributed by atoms with E-state index in [0.717, 1.165) is 24.8 Å². The summed E-state index contributed by atoms with van der Waals surface area (Å²) in [6, 6.07) is 5.49. The maximum absolute atomic E-state index is 12.1. The predicted molar refractivity (Wildman–Crippen MR) is 68.3 cm³/mol. The third-order valence-electron chi connectivity index (χ3n) is 3.92. The molecule has 1 fully saturated rings. The van der Waals surface area contributed by atoms with Crippen LogP contribution in [-0.2, 0) is 4.74 Å². The van der Waals surface area contributed by atoms with Crippen molar-refractivity contribution in [1.82, 2.24) is 0 Å². The summed E-state index contributed by atoms with van der Waals surface area (Å²) in [5, 5.41) is 0. The Bertz CT molecular complexity index is 520. The number of esters is 1. The van der Waals surface area contributed by atoms with Crippen molar-refractivity contribution < 1.29 is 14.3 Å². The van der Waals surface area contributed by atoms with Gasteiger partial charge in [-0.2, -0.15) is 0 Å². The minimum atomic E-state index is -0.736. The Hall–Kier alpha value is -1.77. The number of benzene rings is 1. The molecular weight excluding hydrogens is 228 g/mol. The number of fused-ring (bicyclic) bond motifs is 1. The van der Waals surface area contributed by atoms with Crippen LogP contribution >= 0.6 is 0 Å². The number of carbonyl (C=O) groups is 1. The Balaban J connectivity index is 2.03. The van der Waals surface area contributed by atoms with E-state index < -0.39 is 5.79 Å². The molecule has 1 spiro atoms. The fourth-order valence-corrected chi connectivity index (χ4v) is 2.77. The van der Waals surface area contributed by atoms with Crippen LogP contribution in [0.25, 0.3) is 6.08 Å². The van der Waals surface area contributed by atoms with Crippen molar-refractivity contribution in [2.75, 3.05) is 0 Å². The van der Waals surface area contributed by atoms with Gasteiger partial charge < -0.3 is 9.47 Å². The molecule has 0 radical (unpaired) electrons. The van der Waals surface area contributed by atoms with Crippen molar-refractivity contribution in [1.29, 1.82) is 0 Å². The fourth-order valence-electron chi connectivity index (χ4n) is 2.77. The predicted octanol–water partition coefficient (Wildman–Crippen LogP) is 3.40. The highest BCUT2D eigenvalue weighted by atomic mass is 16.7. The highest BCUT2D eigenvalue weighted by Crippen LogP contribution is 2.44. The molecule has 1 aliphatic carbocycles. The topological polar surface area (TPSA) is 35.5 Å². The summed E-state index contributed by atoms with van der Waals surface area (Å²) in [6.07, 6.45) is 4.56. The first-order valence-corrected chi connectivity index (χ1v) is 6.33. The molecule has 0 N–H and O–H groups in total. The lowest BCUT2D eigenvalue weighted by Gasteiger charge is -2.37. The second-order valence-electron chi connectivity index (χ2n) is 5.06. The maximum atomic E-state index is 12.1. The number of ether oxygens (including phenoxy) is 2. The monoisotopic (exact) mass is 244 g/mol. The van der Waals surface area contributed by atoms with E-state index in [9.17, 15) is 4.79 Å². The van der Waals surface area contributed by atoms with Crippen LogP contribution in [0.2, 0.25) is 0 Å². The second kappa shape index (κ2) is 3.87. The molecular formula is C15H16O3. The van der Waals surface area contributed by atoms with Gasteiger partial charge in [0.15, 0.2) is 0 Å². The SMILES string of the molecule is C=Cc1ccc2c(c1)C(=O)OC1(CCCC1C)O2.